The number of hydrogen-bond acceptors (Lipinski definition) is 6. The van der Waals surface area contributed by atoms with Crippen LogP contribution in [-0.4, -0.2) is 51.4 Å². The molecule has 1 heterocycles. The van der Waals surface area contributed by atoms with E-state index >= 15 is 0 Å². The number of amides is 2. The summed E-state index contributed by atoms with van der Waals surface area (Å²) >= 11 is 1.78. The molecule has 0 aliphatic carbocycles. The molecule has 0 atom stereocenters. The number of fused-ring (bicyclic) bond motifs is 2. The van der Waals surface area contributed by atoms with Gasteiger partial charge in [0.05, 0.1) is 9.79 Å². The number of nitrogens with zero attached hydrogens (tertiary/aromatic N) is 1. The van der Waals surface area contributed by atoms with Crippen LogP contribution >= 0.6 is 11.8 Å². The lowest BCUT2D eigenvalue weighted by Gasteiger charge is -2.22. The van der Waals surface area contributed by atoms with Gasteiger partial charge >= 0.3 is 22.1 Å². The van der Waals surface area contributed by atoms with E-state index in [-0.39, 0.29) is 18.7 Å². The molecular weight excluding hydrogens is 553 g/mol. The number of carbonyl (C=O) groups is 1. The van der Waals surface area contributed by atoms with Gasteiger partial charge in [-0.2, -0.15) is 0 Å². The summed E-state index contributed by atoms with van der Waals surface area (Å²) in [5.41, 5.74) is 3.53. The molecule has 2 amide bonds. The van der Waals surface area contributed by atoms with Crippen LogP contribution in [0.4, 0.5) is 33.4 Å². The fourth-order valence-electron chi connectivity index (χ4n) is 3.99. The van der Waals surface area contributed by atoms with Crippen molar-refractivity contribution >= 4 is 45.2 Å². The quantitative estimate of drug-likeness (QED) is 0.0953. The average Bonchev–Trinajstić information content (AvgIpc) is 2.86. The number of benzene rings is 2. The molecule has 7 nitrogen and oxygen atoms in total. The van der Waals surface area contributed by atoms with Crippen LogP contribution in [0.25, 0.3) is 0 Å². The van der Waals surface area contributed by atoms with Crippen molar-refractivity contribution in [2.45, 2.75) is 68.3 Å². The molecule has 0 aromatic heterocycles. The van der Waals surface area contributed by atoms with E-state index in [1.54, 1.807) is 18.7 Å². The second-order valence-electron chi connectivity index (χ2n) is 8.97. The van der Waals surface area contributed by atoms with Gasteiger partial charge in [-0.25, -0.2) is 4.79 Å². The molecule has 217 valence electrons. The van der Waals surface area contributed by atoms with Crippen LogP contribution in [-0.2, 0) is 11.0 Å². The fraction of sp³-hybridized carbons (Fsp3) is 0.480. The Hall–Kier alpha value is -2.10. The maximum absolute atomic E-state index is 12.2. The molecule has 2 aromatic carbocycles. The number of carbonyl (C=O) groups excluding carboxylic acids is 1. The van der Waals surface area contributed by atoms with Crippen molar-refractivity contribution in [1.29, 1.82) is 0 Å². The minimum absolute atomic E-state index is 0.166. The second-order valence-corrected chi connectivity index (χ2v) is 12.3. The first kappa shape index (κ1) is 33.1. The zero-order valence-electron chi connectivity index (χ0n) is 22.3. The average molecular weight is 591 g/mol. The summed E-state index contributed by atoms with van der Waals surface area (Å²) in [6.07, 6.45) is 5.34. The summed E-state index contributed by atoms with van der Waals surface area (Å²) in [4.78, 5) is 36.5. The molecule has 0 spiro atoms. The fourth-order valence-corrected chi connectivity index (χ4v) is 6.40. The van der Waals surface area contributed by atoms with Gasteiger partial charge in [0, 0.05) is 44.3 Å². The third-order valence-electron chi connectivity index (χ3n) is 5.72. The van der Waals surface area contributed by atoms with E-state index in [1.807, 2.05) is 0 Å². The summed E-state index contributed by atoms with van der Waals surface area (Å²) in [6, 6.07) is 14.8. The van der Waals surface area contributed by atoms with Crippen molar-refractivity contribution in [2.75, 3.05) is 19.7 Å². The number of hydrogen-bond donors (Lipinski definition) is 4. The number of unbranched alkanes of at least 4 members (excludes halogenated alkanes) is 3. The van der Waals surface area contributed by atoms with Crippen molar-refractivity contribution < 1.29 is 36.1 Å². The van der Waals surface area contributed by atoms with E-state index in [0.29, 0.717) is 19.5 Å². The predicted molar refractivity (Wildman–Crippen MR) is 149 cm³/mol. The first-order chi connectivity index (χ1) is 18.4. The molecule has 0 bridgehead atoms. The molecule has 1 aliphatic rings. The Balaban J connectivity index is 0.000000976. The van der Waals surface area contributed by atoms with E-state index in [9.17, 15) is 31.6 Å². The van der Waals surface area contributed by atoms with Gasteiger partial charge in [-0.1, -0.05) is 54.6 Å². The highest BCUT2D eigenvalue weighted by Gasteiger charge is 2.33. The minimum atomic E-state index is -6.00. The standard InChI is InChI=1S/C25H37N3O4SSi.BF4/c1-3-5-6-9-16-28-21-11-7-8-12-23(21)33-24-18-20(13-14-22(24)28)19-27-25(29)26-15-10-17-34(30,31)32-4-2;2-1(3,4)5/h7-8,11-14,18,30-31H,3-6,9-10,15-17,19H2,1-2H3,(H2,26,27,29);/q+1;-1. The zero-order valence-corrected chi connectivity index (χ0v) is 24.1. The molecule has 0 saturated carbocycles. The molecule has 0 saturated heterocycles. The molecule has 1 radical (unpaired) electrons. The lowest BCUT2D eigenvalue weighted by molar-refractivity contribution is 0.155. The van der Waals surface area contributed by atoms with E-state index < -0.39 is 16.1 Å². The van der Waals surface area contributed by atoms with Gasteiger partial charge in [0.2, 0.25) is 11.4 Å². The van der Waals surface area contributed by atoms with Crippen LogP contribution in [0.3, 0.4) is 0 Å². The predicted octanol–water partition coefficient (Wildman–Crippen LogP) is 6.28. The van der Waals surface area contributed by atoms with Crippen LogP contribution in [0.15, 0.2) is 52.3 Å². The maximum Gasteiger partial charge on any atom is 0.673 e. The Morgan fingerprint density at radius 3 is 2.36 bits per heavy atom. The highest BCUT2D eigenvalue weighted by atomic mass is 32.2. The van der Waals surface area contributed by atoms with Gasteiger partial charge in [-0.05, 0) is 37.5 Å². The molecule has 2 aromatic rings. The van der Waals surface area contributed by atoms with E-state index in [4.69, 9.17) is 4.43 Å². The third kappa shape index (κ3) is 12.7. The Morgan fingerprint density at radius 2 is 1.67 bits per heavy atom. The van der Waals surface area contributed by atoms with Gasteiger partial charge in [0.25, 0.3) is 0 Å². The van der Waals surface area contributed by atoms with Crippen LogP contribution in [0.2, 0.25) is 6.04 Å². The van der Waals surface area contributed by atoms with Crippen molar-refractivity contribution in [3.05, 3.63) is 48.0 Å². The number of halogens is 4. The van der Waals surface area contributed by atoms with Crippen LogP contribution < -0.4 is 15.5 Å². The molecule has 39 heavy (non-hydrogen) atoms. The zero-order chi connectivity index (χ0) is 28.9. The smallest absolute Gasteiger partial charge is 0.418 e. The molecule has 4 N–H and O–H groups in total. The number of para-hydroxylation sites is 1. The van der Waals surface area contributed by atoms with Gasteiger partial charge < -0.3 is 41.9 Å². The second kappa shape index (κ2) is 16.2. The number of urea groups is 1. The largest absolute Gasteiger partial charge is 0.673 e. The highest BCUT2D eigenvalue weighted by Crippen LogP contribution is 2.48. The summed E-state index contributed by atoms with van der Waals surface area (Å²) in [5, 5.41) is 5.65. The van der Waals surface area contributed by atoms with Crippen LogP contribution in [0, 0.1) is 0 Å². The molecular formula is C25H37BF4N3O4SSi. The number of rotatable bonds is 13. The molecule has 0 unspecified atom stereocenters. The third-order valence-corrected chi connectivity index (χ3v) is 8.59. The van der Waals surface area contributed by atoms with Crippen LogP contribution in [0.5, 0.6) is 0 Å². The molecule has 1 aliphatic heterocycles. The number of nitrogens with one attached hydrogen (secondary N) is 2. The van der Waals surface area contributed by atoms with E-state index in [1.165, 1.54) is 40.4 Å². The summed E-state index contributed by atoms with van der Waals surface area (Å²) in [5.74, 6) is 0. The topological polar surface area (TPSA) is 96.7 Å². The van der Waals surface area contributed by atoms with Crippen LogP contribution in [0.1, 0.15) is 51.5 Å². The SMILES string of the molecule is CCCCCC[N+]1c2ccccc2Sc2cc(CNC(=O)NCCC[Si](O)(O)OCC)ccc21.F[B-](F)(F)F. The Morgan fingerprint density at radius 1 is 0.974 bits per heavy atom. The molecule has 3 rings (SSSR count). The maximum atomic E-state index is 12.2. The van der Waals surface area contributed by atoms with E-state index in [0.717, 1.165) is 18.5 Å². The first-order valence-electron chi connectivity index (χ1n) is 13.1. The summed E-state index contributed by atoms with van der Waals surface area (Å²) in [7, 11) is -9.58. The normalized spacial score (nSPS) is 13.1. The van der Waals surface area contributed by atoms with Crippen molar-refractivity contribution in [3.8, 4) is 0 Å². The van der Waals surface area contributed by atoms with E-state index in [2.05, 4.69) is 64.9 Å². The Labute approximate surface area is 232 Å². The van der Waals surface area contributed by atoms with Gasteiger partial charge in [-0.3, -0.25) is 0 Å². The van der Waals surface area contributed by atoms with Gasteiger partial charge in [-0.15, -0.1) is 0 Å². The number of anilines is 2. The van der Waals surface area contributed by atoms with Gasteiger partial charge in [0.1, 0.15) is 6.54 Å². The summed E-state index contributed by atoms with van der Waals surface area (Å²) < 4.78 is 44.0. The lowest BCUT2D eigenvalue weighted by Crippen LogP contribution is -2.40. The van der Waals surface area contributed by atoms with Crippen molar-refractivity contribution in [2.24, 2.45) is 0 Å². The van der Waals surface area contributed by atoms with Crippen molar-refractivity contribution in [3.63, 3.8) is 0 Å². The molecule has 14 heteroatoms. The first-order valence-corrected chi connectivity index (χ1v) is 15.9. The Bertz CT molecular complexity index is 1050. The Kier molecular flexibility index (Phi) is 13.8. The van der Waals surface area contributed by atoms with Gasteiger partial charge in [0.15, 0.2) is 0 Å². The monoisotopic (exact) mass is 590 g/mol. The van der Waals surface area contributed by atoms with Crippen molar-refractivity contribution in [1.82, 2.24) is 15.5 Å². The minimum Gasteiger partial charge on any atom is -0.418 e. The summed E-state index contributed by atoms with van der Waals surface area (Å²) in [6.45, 7) is 6.02. The highest BCUT2D eigenvalue weighted by molar-refractivity contribution is 7.99. The lowest BCUT2D eigenvalue weighted by atomic mass is 10.1. The molecule has 0 fully saturated rings.